The number of hydrogen-bond donors (Lipinski definition) is 4. The van der Waals surface area contributed by atoms with E-state index in [4.69, 9.17) is 23.4 Å². The van der Waals surface area contributed by atoms with Gasteiger partial charge in [0.25, 0.3) is 0 Å². The number of phosphoric acid groups is 1. The molecule has 6 atom stereocenters. The van der Waals surface area contributed by atoms with E-state index in [0.29, 0.717) is 18.7 Å². The highest BCUT2D eigenvalue weighted by Crippen LogP contribution is 2.57. The molecule has 3 amide bonds. The smallest absolute Gasteiger partial charge is 0.478 e. The third kappa shape index (κ3) is 9.07. The van der Waals surface area contributed by atoms with Crippen molar-refractivity contribution in [3.05, 3.63) is 102 Å². The molecule has 18 heteroatoms. The van der Waals surface area contributed by atoms with Crippen molar-refractivity contribution in [2.45, 2.75) is 43.7 Å². The normalized spacial score (nSPS) is 21.9. The van der Waals surface area contributed by atoms with Gasteiger partial charge in [-0.3, -0.25) is 19.4 Å². The molecule has 55 heavy (non-hydrogen) atoms. The maximum absolute atomic E-state index is 13.8. The minimum absolute atomic E-state index is 0.0569. The zero-order valence-corrected chi connectivity index (χ0v) is 31.9. The van der Waals surface area contributed by atoms with Crippen LogP contribution in [0.1, 0.15) is 30.6 Å². The van der Waals surface area contributed by atoms with E-state index in [1.165, 1.54) is 49.1 Å². The number of phosphoric ester groups is 1. The van der Waals surface area contributed by atoms with Crippen molar-refractivity contribution in [3.8, 4) is 11.5 Å². The van der Waals surface area contributed by atoms with Crippen LogP contribution in [0.5, 0.6) is 11.5 Å². The summed E-state index contributed by atoms with van der Waals surface area (Å²) in [7, 11) is -1.97. The van der Waals surface area contributed by atoms with Gasteiger partial charge in [-0.15, -0.1) is 0 Å². The predicted molar refractivity (Wildman–Crippen MR) is 199 cm³/mol. The Hall–Kier alpha value is -5.51. The van der Waals surface area contributed by atoms with Crippen molar-refractivity contribution >= 4 is 56.0 Å². The lowest BCUT2D eigenvalue weighted by molar-refractivity contribution is -0.163. The molecule has 3 aromatic carbocycles. The summed E-state index contributed by atoms with van der Waals surface area (Å²) in [6.07, 6.45) is -1.12. The molecule has 2 saturated heterocycles. The van der Waals surface area contributed by atoms with Gasteiger partial charge in [0.1, 0.15) is 23.3 Å². The van der Waals surface area contributed by atoms with Crippen molar-refractivity contribution < 1.29 is 61.8 Å². The number of rotatable bonds is 11. The predicted octanol–water partition coefficient (Wildman–Crippen LogP) is 4.97. The van der Waals surface area contributed by atoms with Crippen LogP contribution in [0.4, 0.5) is 10.5 Å². The molecule has 6 rings (SSSR count). The molecule has 3 aromatic rings. The molecule has 2 fully saturated rings. The third-order valence-corrected chi connectivity index (χ3v) is 10.6. The van der Waals surface area contributed by atoms with Gasteiger partial charge in [0, 0.05) is 23.4 Å². The number of ether oxygens (including phenoxy) is 2. The number of hydrogen-bond acceptors (Lipinski definition) is 13. The van der Waals surface area contributed by atoms with Crippen LogP contribution < -0.4 is 14.4 Å². The second-order valence-corrected chi connectivity index (χ2v) is 14.9. The number of nitrogens with one attached hydrogen (secondary N) is 1. The van der Waals surface area contributed by atoms with Gasteiger partial charge < -0.3 is 38.6 Å². The molecule has 0 radical (unpaired) electrons. The number of likely N-dealkylation sites (tertiary alicyclic amines) is 1. The van der Waals surface area contributed by atoms with E-state index in [9.17, 15) is 33.6 Å². The Balaban J connectivity index is 0.000000229. The molecule has 0 bridgehead atoms. The first-order chi connectivity index (χ1) is 26.2. The van der Waals surface area contributed by atoms with Crippen LogP contribution >= 0.6 is 20.5 Å². The summed E-state index contributed by atoms with van der Waals surface area (Å²) >= 11 is 4.30. The van der Waals surface area contributed by atoms with Gasteiger partial charge in [-0.25, -0.2) is 14.4 Å². The van der Waals surface area contributed by atoms with E-state index in [2.05, 4.69) is 22.7 Å². The number of thiol groups is 1. The van der Waals surface area contributed by atoms with Crippen LogP contribution in [0.25, 0.3) is 0 Å². The number of carboxylic acid groups (broad SMARTS) is 1. The fourth-order valence-corrected chi connectivity index (χ4v) is 8.20. The number of aliphatic hydroxyl groups excluding tert-OH is 1. The fourth-order valence-electron chi connectivity index (χ4n) is 6.46. The lowest BCUT2D eigenvalue weighted by Crippen LogP contribution is -2.63. The summed E-state index contributed by atoms with van der Waals surface area (Å²) in [5, 5.41) is 21.5. The molecule has 3 N–H and O–H groups in total. The third-order valence-electron chi connectivity index (χ3n) is 8.99. The molecule has 0 aromatic heterocycles. The number of methoxy groups -OCH3 is 2. The number of carbonyl (C=O) groups excluding carboxylic acids is 4. The number of esters is 1. The Kier molecular flexibility index (Phi) is 12.8. The van der Waals surface area contributed by atoms with Gasteiger partial charge >= 0.3 is 25.9 Å². The molecule has 16 nitrogen and oxygen atoms in total. The van der Waals surface area contributed by atoms with Crippen molar-refractivity contribution in [1.29, 1.82) is 0 Å². The molecular weight excluding hydrogens is 757 g/mol. The van der Waals surface area contributed by atoms with Gasteiger partial charge in [-0.2, -0.15) is 17.2 Å². The lowest BCUT2D eigenvalue weighted by atomic mass is 9.79. The van der Waals surface area contributed by atoms with Gasteiger partial charge in [0.15, 0.2) is 5.70 Å². The molecular formula is C37H40N3O13PS. The Labute approximate surface area is 322 Å². The number of benzene rings is 3. The topological polar surface area (TPSA) is 208 Å². The Morgan fingerprint density at radius 3 is 2.04 bits per heavy atom. The largest absolute Gasteiger partial charge is 0.646 e. The number of anilines is 1. The highest BCUT2D eigenvalue weighted by atomic mass is 32.1. The van der Waals surface area contributed by atoms with Gasteiger partial charge in [0.2, 0.25) is 11.8 Å². The number of aliphatic hydroxyl groups is 1. The Morgan fingerprint density at radius 2 is 1.51 bits per heavy atom. The second-order valence-electron chi connectivity index (χ2n) is 12.7. The van der Waals surface area contributed by atoms with E-state index in [0.717, 1.165) is 0 Å². The molecule has 0 unspecified atom stereocenters. The van der Waals surface area contributed by atoms with Crippen LogP contribution in [-0.4, -0.2) is 94.1 Å². The average molecular weight is 798 g/mol. The monoisotopic (exact) mass is 797 g/mol. The van der Waals surface area contributed by atoms with Gasteiger partial charge in [-0.05, 0) is 55.8 Å². The number of aromatic carboxylic acids is 1. The van der Waals surface area contributed by atoms with E-state index in [1.807, 2.05) is 0 Å². The molecule has 0 aliphatic carbocycles. The van der Waals surface area contributed by atoms with Crippen molar-refractivity contribution in [2.24, 2.45) is 11.8 Å². The van der Waals surface area contributed by atoms with Crippen molar-refractivity contribution in [3.63, 3.8) is 0 Å². The maximum atomic E-state index is 13.8. The van der Waals surface area contributed by atoms with E-state index >= 15 is 0 Å². The number of carboxylic acids is 1. The van der Waals surface area contributed by atoms with E-state index in [-0.39, 0.29) is 33.8 Å². The average Bonchev–Trinajstić information content (AvgIpc) is 3.66. The standard InChI is InChI=1S/C23H24NO8P.C14H16N2O5S/c1-14-19-18(15(2)25)22(26)24(19)20(23(27)29-3)21(14)32-33(28,30-16-10-6-4-7-11-16)31-17-12-8-5-9-13-17;1-21-14(20)16-7-10(22)6-11(16)12(17)15-9-4-2-3-8(5-9)13(18)19/h4-15,18-19,25H,1-3H3;2-5,10-11,22H,6-7H2,1H3,(H,15,17)(H,18,19)/t14-,15-,18-,19-;10-,11-/m10/s1. The van der Waals surface area contributed by atoms with E-state index in [1.54, 1.807) is 73.7 Å². The number of β-lactam (4-membered cyclic amide) rings is 1. The van der Waals surface area contributed by atoms with Gasteiger partial charge in [-0.1, -0.05) is 49.4 Å². The molecule has 292 valence electrons. The SMILES string of the molecule is COC(=O)C1=C(OP(=O)(Oc2ccccc2)Oc2ccccc2)[C@H](C)[C@@H]2[C@@H]([C@@H](C)O)C(=O)N12.COC(=O)N1C[C@@H](S)C[C@H]1C(=O)Nc1cccc(C(=O)O)c1. The highest BCUT2D eigenvalue weighted by Gasteiger charge is 2.62. The molecule has 0 saturated carbocycles. The summed E-state index contributed by atoms with van der Waals surface area (Å²) < 4.78 is 40.5. The zero-order valence-electron chi connectivity index (χ0n) is 30.1. The van der Waals surface area contributed by atoms with Crippen LogP contribution in [0.2, 0.25) is 0 Å². The van der Waals surface area contributed by atoms with Crippen LogP contribution in [-0.2, 0) is 32.9 Å². The summed E-state index contributed by atoms with van der Waals surface area (Å²) in [6, 6.07) is 21.3. The summed E-state index contributed by atoms with van der Waals surface area (Å²) in [6.45, 7) is 3.54. The quantitative estimate of drug-likeness (QED) is 0.0876. The Bertz CT molecular complexity index is 1950. The van der Waals surface area contributed by atoms with Crippen LogP contribution in [0.3, 0.4) is 0 Å². The minimum atomic E-state index is -4.39. The molecule has 3 aliphatic rings. The van der Waals surface area contributed by atoms with E-state index < -0.39 is 67.7 Å². The van der Waals surface area contributed by atoms with Crippen LogP contribution in [0, 0.1) is 11.8 Å². The van der Waals surface area contributed by atoms with Crippen molar-refractivity contribution in [2.75, 3.05) is 26.1 Å². The second kappa shape index (κ2) is 17.3. The summed E-state index contributed by atoms with van der Waals surface area (Å²) in [5.74, 6) is -3.67. The summed E-state index contributed by atoms with van der Waals surface area (Å²) in [4.78, 5) is 62.8. The molecule has 0 spiro atoms. The maximum Gasteiger partial charge on any atom is 0.646 e. The number of amides is 3. The zero-order chi connectivity index (χ0) is 40.0. The number of nitrogens with zero attached hydrogens (tertiary/aromatic N) is 2. The summed E-state index contributed by atoms with van der Waals surface area (Å²) in [5.41, 5.74) is 0.254. The fraction of sp³-hybridized carbons (Fsp3) is 0.324. The molecule has 3 aliphatic heterocycles. The lowest BCUT2D eigenvalue weighted by Gasteiger charge is -2.46. The number of carbonyl (C=O) groups is 5. The van der Waals surface area contributed by atoms with Crippen LogP contribution in [0.15, 0.2) is 96.4 Å². The molecule has 3 heterocycles. The first kappa shape index (κ1) is 40.7. The first-order valence-corrected chi connectivity index (χ1v) is 18.9. The Morgan fingerprint density at radius 1 is 0.909 bits per heavy atom. The highest BCUT2D eigenvalue weighted by molar-refractivity contribution is 7.81. The van der Waals surface area contributed by atoms with Gasteiger partial charge in [0.05, 0.1) is 37.8 Å². The number of fused-ring (bicyclic) bond motifs is 1. The minimum Gasteiger partial charge on any atom is -0.478 e. The van der Waals surface area contributed by atoms with Crippen molar-refractivity contribution in [1.82, 2.24) is 9.80 Å². The number of para-hydroxylation sites is 2. The first-order valence-electron chi connectivity index (χ1n) is 17.0.